The maximum absolute atomic E-state index is 12.4. The number of rotatable bonds is 8. The molecule has 1 heterocycles. The number of amides is 1. The molecular formula is C25H30N2O6. The summed E-state index contributed by atoms with van der Waals surface area (Å²) >= 11 is 0. The van der Waals surface area contributed by atoms with Crippen LogP contribution >= 0.6 is 0 Å². The molecule has 0 radical (unpaired) electrons. The van der Waals surface area contributed by atoms with Crippen LogP contribution in [0.15, 0.2) is 59.6 Å². The summed E-state index contributed by atoms with van der Waals surface area (Å²) in [5.74, 6) is 0.515. The molecule has 8 nitrogen and oxygen atoms in total. The zero-order valence-corrected chi connectivity index (χ0v) is 19.4. The highest BCUT2D eigenvalue weighted by Crippen LogP contribution is 2.18. The Morgan fingerprint density at radius 1 is 1.09 bits per heavy atom. The van der Waals surface area contributed by atoms with Gasteiger partial charge >= 0.3 is 12.1 Å². The molecule has 33 heavy (non-hydrogen) atoms. The van der Waals surface area contributed by atoms with Gasteiger partial charge in [0.15, 0.2) is 6.04 Å². The number of hydrogen-bond donors (Lipinski definition) is 1. The predicted molar refractivity (Wildman–Crippen MR) is 123 cm³/mol. The lowest BCUT2D eigenvalue weighted by Crippen LogP contribution is -2.45. The van der Waals surface area contributed by atoms with Crippen LogP contribution < -0.4 is 10.1 Å². The van der Waals surface area contributed by atoms with Crippen LogP contribution in [0.3, 0.4) is 0 Å². The SMILES string of the molecule is COC(=O)[C@@H]1COC([C@H](Cc2ccc(OCc3ccccc3)cc2)NC(=O)OC(C)(C)C)=N1. The van der Waals surface area contributed by atoms with Crippen molar-refractivity contribution in [3.63, 3.8) is 0 Å². The van der Waals surface area contributed by atoms with Crippen molar-refractivity contribution in [3.8, 4) is 5.75 Å². The Balaban J connectivity index is 1.68. The summed E-state index contributed by atoms with van der Waals surface area (Å²) in [6.07, 6.45) is -0.201. The predicted octanol–water partition coefficient (Wildman–Crippen LogP) is 3.67. The van der Waals surface area contributed by atoms with E-state index in [-0.39, 0.29) is 12.5 Å². The molecule has 1 aliphatic rings. The Bertz CT molecular complexity index is 967. The van der Waals surface area contributed by atoms with Crippen molar-refractivity contribution in [2.24, 2.45) is 4.99 Å². The summed E-state index contributed by atoms with van der Waals surface area (Å²) in [4.78, 5) is 28.5. The molecule has 0 fully saturated rings. The average molecular weight is 455 g/mol. The van der Waals surface area contributed by atoms with Crippen LogP contribution in [0, 0.1) is 0 Å². The van der Waals surface area contributed by atoms with Gasteiger partial charge in [-0.05, 0) is 44.0 Å². The van der Waals surface area contributed by atoms with Crippen LogP contribution in [0.5, 0.6) is 5.75 Å². The lowest BCUT2D eigenvalue weighted by atomic mass is 10.1. The van der Waals surface area contributed by atoms with E-state index in [1.165, 1.54) is 7.11 Å². The number of alkyl carbamates (subject to hydrolysis) is 1. The first-order valence-corrected chi connectivity index (χ1v) is 10.8. The molecule has 0 spiro atoms. The number of carbonyl (C=O) groups excluding carboxylic acids is 2. The zero-order chi connectivity index (χ0) is 23.8. The summed E-state index contributed by atoms with van der Waals surface area (Å²) in [5.41, 5.74) is 1.36. The molecule has 1 N–H and O–H groups in total. The average Bonchev–Trinajstić information content (AvgIpc) is 3.27. The second-order valence-electron chi connectivity index (χ2n) is 8.64. The molecule has 2 aromatic carbocycles. The Hall–Kier alpha value is -3.55. The maximum atomic E-state index is 12.4. The minimum absolute atomic E-state index is 0.0702. The van der Waals surface area contributed by atoms with Crippen LogP contribution in [0.1, 0.15) is 31.9 Å². The molecule has 0 saturated heterocycles. The van der Waals surface area contributed by atoms with E-state index < -0.39 is 29.7 Å². The third kappa shape index (κ3) is 7.52. The van der Waals surface area contributed by atoms with Crippen molar-refractivity contribution < 1.29 is 28.5 Å². The van der Waals surface area contributed by atoms with Crippen molar-refractivity contribution >= 4 is 18.0 Å². The maximum Gasteiger partial charge on any atom is 0.408 e. The summed E-state index contributed by atoms with van der Waals surface area (Å²) in [5, 5.41) is 2.80. The first kappa shape index (κ1) is 24.1. The Kier molecular flexibility index (Phi) is 7.92. The van der Waals surface area contributed by atoms with Crippen molar-refractivity contribution in [1.82, 2.24) is 5.32 Å². The number of methoxy groups -OCH3 is 1. The van der Waals surface area contributed by atoms with Gasteiger partial charge in [0.1, 0.15) is 30.6 Å². The third-order valence-electron chi connectivity index (χ3n) is 4.75. The molecule has 3 rings (SSSR count). The number of benzene rings is 2. The van der Waals surface area contributed by atoms with Crippen LogP contribution in [0.4, 0.5) is 4.79 Å². The van der Waals surface area contributed by atoms with Gasteiger partial charge in [-0.1, -0.05) is 42.5 Å². The van der Waals surface area contributed by atoms with E-state index in [0.717, 1.165) is 16.9 Å². The molecule has 0 bridgehead atoms. The molecular weight excluding hydrogens is 424 g/mol. The van der Waals surface area contributed by atoms with E-state index in [1.54, 1.807) is 20.8 Å². The molecule has 8 heteroatoms. The highest BCUT2D eigenvalue weighted by Gasteiger charge is 2.32. The molecule has 1 amide bonds. The van der Waals surface area contributed by atoms with Gasteiger partial charge in [0.2, 0.25) is 5.90 Å². The Morgan fingerprint density at radius 2 is 1.79 bits per heavy atom. The monoisotopic (exact) mass is 454 g/mol. The highest BCUT2D eigenvalue weighted by molar-refractivity contribution is 5.91. The number of nitrogens with zero attached hydrogens (tertiary/aromatic N) is 1. The summed E-state index contributed by atoms with van der Waals surface area (Å²) in [6, 6.07) is 16.1. The number of ether oxygens (including phenoxy) is 4. The van der Waals surface area contributed by atoms with Gasteiger partial charge in [-0.25, -0.2) is 14.6 Å². The highest BCUT2D eigenvalue weighted by atomic mass is 16.6. The molecule has 2 atom stereocenters. The fourth-order valence-corrected chi connectivity index (χ4v) is 3.19. The van der Waals surface area contributed by atoms with E-state index in [2.05, 4.69) is 10.3 Å². The van der Waals surface area contributed by atoms with Crippen molar-refractivity contribution in [2.75, 3.05) is 13.7 Å². The Labute approximate surface area is 193 Å². The van der Waals surface area contributed by atoms with E-state index >= 15 is 0 Å². The fourth-order valence-electron chi connectivity index (χ4n) is 3.19. The van der Waals surface area contributed by atoms with Gasteiger partial charge in [-0.15, -0.1) is 0 Å². The van der Waals surface area contributed by atoms with Gasteiger partial charge in [0.25, 0.3) is 0 Å². The van der Waals surface area contributed by atoms with E-state index in [4.69, 9.17) is 18.9 Å². The van der Waals surface area contributed by atoms with E-state index in [9.17, 15) is 9.59 Å². The topological polar surface area (TPSA) is 95.5 Å². The van der Waals surface area contributed by atoms with Gasteiger partial charge in [0.05, 0.1) is 7.11 Å². The number of carbonyl (C=O) groups is 2. The lowest BCUT2D eigenvalue weighted by Gasteiger charge is -2.23. The van der Waals surface area contributed by atoms with Crippen LogP contribution in [-0.2, 0) is 32.0 Å². The number of aliphatic imine (C=N–C) groups is 1. The normalized spacial score (nSPS) is 16.2. The fraction of sp³-hybridized carbons (Fsp3) is 0.400. The molecule has 2 aromatic rings. The standard InChI is InChI=1S/C25H30N2O6/c1-25(2,3)33-24(29)27-20(22-26-21(16-32-22)23(28)30-4)14-17-10-12-19(13-11-17)31-15-18-8-6-5-7-9-18/h5-13,20-21H,14-16H2,1-4H3,(H,27,29)/t20-,21-/m0/s1. The van der Waals surface area contributed by atoms with E-state index in [1.807, 2.05) is 54.6 Å². The molecule has 0 saturated carbocycles. The Morgan fingerprint density at radius 3 is 2.42 bits per heavy atom. The van der Waals surface area contributed by atoms with E-state index in [0.29, 0.717) is 13.0 Å². The number of hydrogen-bond acceptors (Lipinski definition) is 7. The summed E-state index contributed by atoms with van der Waals surface area (Å²) in [7, 11) is 1.30. The minimum Gasteiger partial charge on any atom is -0.489 e. The van der Waals surface area contributed by atoms with Gasteiger partial charge in [0, 0.05) is 6.42 Å². The van der Waals surface area contributed by atoms with Crippen LogP contribution in [0.2, 0.25) is 0 Å². The number of esters is 1. The van der Waals surface area contributed by atoms with Crippen molar-refractivity contribution in [3.05, 3.63) is 65.7 Å². The quantitative estimate of drug-likeness (QED) is 0.612. The van der Waals surface area contributed by atoms with Gasteiger partial charge < -0.3 is 24.3 Å². The second-order valence-corrected chi connectivity index (χ2v) is 8.64. The smallest absolute Gasteiger partial charge is 0.408 e. The summed E-state index contributed by atoms with van der Waals surface area (Å²) in [6.45, 7) is 5.90. The first-order valence-electron chi connectivity index (χ1n) is 10.8. The zero-order valence-electron chi connectivity index (χ0n) is 19.4. The van der Waals surface area contributed by atoms with Crippen LogP contribution in [0.25, 0.3) is 0 Å². The molecule has 0 aromatic heterocycles. The second kappa shape index (κ2) is 10.8. The number of nitrogens with one attached hydrogen (secondary N) is 1. The van der Waals surface area contributed by atoms with Crippen molar-refractivity contribution in [1.29, 1.82) is 0 Å². The van der Waals surface area contributed by atoms with Gasteiger partial charge in [-0.3, -0.25) is 0 Å². The molecule has 176 valence electrons. The lowest BCUT2D eigenvalue weighted by molar-refractivity contribution is -0.142. The van der Waals surface area contributed by atoms with Gasteiger partial charge in [-0.2, -0.15) is 0 Å². The first-order chi connectivity index (χ1) is 15.7. The van der Waals surface area contributed by atoms with Crippen molar-refractivity contribution in [2.45, 2.75) is 51.5 Å². The van der Waals surface area contributed by atoms with Crippen LogP contribution in [-0.4, -0.2) is 49.4 Å². The molecule has 0 unspecified atom stereocenters. The summed E-state index contributed by atoms with van der Waals surface area (Å²) < 4.78 is 21.6. The molecule has 1 aliphatic heterocycles. The third-order valence-corrected chi connectivity index (χ3v) is 4.75. The largest absolute Gasteiger partial charge is 0.489 e. The minimum atomic E-state index is -0.748. The molecule has 0 aliphatic carbocycles.